The maximum Gasteiger partial charge on any atom is 0.0512 e. The number of hydrogen-bond acceptors (Lipinski definition) is 3. The molecule has 0 radical (unpaired) electrons. The number of nitrogens with zero attached hydrogens (tertiary/aromatic N) is 1. The molecule has 1 atom stereocenters. The highest BCUT2D eigenvalue weighted by Gasteiger charge is 2.15. The van der Waals surface area contributed by atoms with Crippen LogP contribution in [-0.4, -0.2) is 49.3 Å². The molecule has 0 spiro atoms. The van der Waals surface area contributed by atoms with E-state index < -0.39 is 0 Å². The predicted molar refractivity (Wildman–Crippen MR) is 64.0 cm³/mol. The second kappa shape index (κ2) is 7.20. The molecule has 1 unspecified atom stereocenters. The third kappa shape index (κ3) is 6.13. The zero-order valence-electron chi connectivity index (χ0n) is 10.2. The number of nitrogens with one attached hydrogen (secondary N) is 1. The Balaban J connectivity index is 1.91. The molecule has 0 aromatic carbocycles. The van der Waals surface area contributed by atoms with Gasteiger partial charge in [-0.15, -0.1) is 0 Å². The Morgan fingerprint density at radius 2 is 2.07 bits per heavy atom. The standard InChI is InChI=1S/C12H26N2O/c1-11(15)4-3-7-13-10-12-5-8-14(2)9-6-12/h11-13,15H,3-10H2,1-2H3. The Hall–Kier alpha value is -0.120. The summed E-state index contributed by atoms with van der Waals surface area (Å²) in [6.45, 7) is 6.57. The van der Waals surface area contributed by atoms with Crippen molar-refractivity contribution in [1.29, 1.82) is 0 Å². The Morgan fingerprint density at radius 3 is 2.67 bits per heavy atom. The Morgan fingerprint density at radius 1 is 1.40 bits per heavy atom. The minimum absolute atomic E-state index is 0.143. The molecule has 1 saturated heterocycles. The monoisotopic (exact) mass is 214 g/mol. The van der Waals surface area contributed by atoms with Crippen LogP contribution in [0.2, 0.25) is 0 Å². The van der Waals surface area contributed by atoms with E-state index in [1.807, 2.05) is 6.92 Å². The molecule has 1 fully saturated rings. The van der Waals surface area contributed by atoms with E-state index >= 15 is 0 Å². The molecule has 3 nitrogen and oxygen atoms in total. The van der Waals surface area contributed by atoms with E-state index in [9.17, 15) is 0 Å². The van der Waals surface area contributed by atoms with E-state index in [2.05, 4.69) is 17.3 Å². The van der Waals surface area contributed by atoms with Crippen molar-refractivity contribution in [2.45, 2.75) is 38.7 Å². The summed E-state index contributed by atoms with van der Waals surface area (Å²) in [6.07, 6.45) is 4.53. The number of aliphatic hydroxyl groups excluding tert-OH is 1. The number of piperidine rings is 1. The van der Waals surface area contributed by atoms with Gasteiger partial charge >= 0.3 is 0 Å². The lowest BCUT2D eigenvalue weighted by Gasteiger charge is -2.29. The Kier molecular flexibility index (Phi) is 6.22. The van der Waals surface area contributed by atoms with Crippen LogP contribution in [0.25, 0.3) is 0 Å². The van der Waals surface area contributed by atoms with E-state index in [-0.39, 0.29) is 6.10 Å². The van der Waals surface area contributed by atoms with E-state index in [1.54, 1.807) is 0 Å². The van der Waals surface area contributed by atoms with Crippen molar-refractivity contribution < 1.29 is 5.11 Å². The van der Waals surface area contributed by atoms with Gasteiger partial charge in [0.25, 0.3) is 0 Å². The van der Waals surface area contributed by atoms with Crippen LogP contribution < -0.4 is 5.32 Å². The molecule has 2 N–H and O–H groups in total. The van der Waals surface area contributed by atoms with Gasteiger partial charge in [-0.1, -0.05) is 0 Å². The lowest BCUT2D eigenvalue weighted by molar-refractivity contribution is 0.180. The molecule has 1 aliphatic heterocycles. The maximum absolute atomic E-state index is 9.10. The van der Waals surface area contributed by atoms with Crippen LogP contribution in [0.3, 0.4) is 0 Å². The van der Waals surface area contributed by atoms with Gasteiger partial charge < -0.3 is 15.3 Å². The lowest BCUT2D eigenvalue weighted by atomic mass is 9.97. The number of likely N-dealkylation sites (tertiary alicyclic amines) is 1. The number of hydrogen-bond donors (Lipinski definition) is 2. The SMILES string of the molecule is CC(O)CCCNCC1CCN(C)CC1. The number of rotatable bonds is 6. The predicted octanol–water partition coefficient (Wildman–Crippen LogP) is 1.08. The van der Waals surface area contributed by atoms with Crippen LogP contribution in [0.4, 0.5) is 0 Å². The van der Waals surface area contributed by atoms with Crippen molar-refractivity contribution in [1.82, 2.24) is 10.2 Å². The van der Waals surface area contributed by atoms with E-state index in [1.165, 1.54) is 25.9 Å². The highest BCUT2D eigenvalue weighted by atomic mass is 16.3. The van der Waals surface area contributed by atoms with Crippen molar-refractivity contribution in [3.8, 4) is 0 Å². The molecule has 0 aromatic heterocycles. The largest absolute Gasteiger partial charge is 0.393 e. The first-order valence-corrected chi connectivity index (χ1v) is 6.26. The summed E-state index contributed by atoms with van der Waals surface area (Å²) in [5, 5.41) is 12.6. The van der Waals surface area contributed by atoms with Gasteiger partial charge in [-0.2, -0.15) is 0 Å². The van der Waals surface area contributed by atoms with Crippen LogP contribution in [-0.2, 0) is 0 Å². The molecule has 0 bridgehead atoms. The van der Waals surface area contributed by atoms with Crippen molar-refractivity contribution in [3.63, 3.8) is 0 Å². The highest BCUT2D eigenvalue weighted by Crippen LogP contribution is 2.14. The van der Waals surface area contributed by atoms with Crippen LogP contribution in [0, 0.1) is 5.92 Å². The maximum atomic E-state index is 9.10. The third-order valence-electron chi connectivity index (χ3n) is 3.25. The van der Waals surface area contributed by atoms with Gasteiger partial charge in [0.15, 0.2) is 0 Å². The molecule has 1 rings (SSSR count). The molecular formula is C12H26N2O. The van der Waals surface area contributed by atoms with Crippen molar-refractivity contribution in [2.75, 3.05) is 33.2 Å². The average molecular weight is 214 g/mol. The van der Waals surface area contributed by atoms with Crippen LogP contribution in [0.5, 0.6) is 0 Å². The van der Waals surface area contributed by atoms with E-state index in [0.29, 0.717) is 0 Å². The summed E-state index contributed by atoms with van der Waals surface area (Å²) >= 11 is 0. The minimum Gasteiger partial charge on any atom is -0.393 e. The highest BCUT2D eigenvalue weighted by molar-refractivity contribution is 4.71. The number of aliphatic hydroxyl groups is 1. The summed E-state index contributed by atoms with van der Waals surface area (Å²) in [5.41, 5.74) is 0. The van der Waals surface area contributed by atoms with Gasteiger partial charge in [0.05, 0.1) is 6.10 Å². The zero-order valence-corrected chi connectivity index (χ0v) is 10.2. The Bertz CT molecular complexity index is 154. The van der Waals surface area contributed by atoms with Crippen molar-refractivity contribution in [2.24, 2.45) is 5.92 Å². The van der Waals surface area contributed by atoms with Gasteiger partial charge in [-0.25, -0.2) is 0 Å². The van der Waals surface area contributed by atoms with Gasteiger partial charge in [0.2, 0.25) is 0 Å². The first-order chi connectivity index (χ1) is 7.18. The molecule has 0 saturated carbocycles. The van der Waals surface area contributed by atoms with E-state index in [4.69, 9.17) is 5.11 Å². The average Bonchev–Trinajstić information content (AvgIpc) is 2.20. The van der Waals surface area contributed by atoms with Crippen LogP contribution in [0.15, 0.2) is 0 Å². The summed E-state index contributed by atoms with van der Waals surface area (Å²) in [6, 6.07) is 0. The van der Waals surface area contributed by atoms with Crippen molar-refractivity contribution >= 4 is 0 Å². The summed E-state index contributed by atoms with van der Waals surface area (Å²) in [7, 11) is 2.20. The first kappa shape index (κ1) is 12.9. The first-order valence-electron chi connectivity index (χ1n) is 6.26. The van der Waals surface area contributed by atoms with Gasteiger partial charge in [-0.05, 0) is 71.8 Å². The quantitative estimate of drug-likeness (QED) is 0.650. The third-order valence-corrected chi connectivity index (χ3v) is 3.25. The Labute approximate surface area is 93.9 Å². The normalized spacial score (nSPS) is 21.8. The second-order valence-electron chi connectivity index (χ2n) is 4.94. The van der Waals surface area contributed by atoms with Gasteiger partial charge in [-0.3, -0.25) is 0 Å². The summed E-state index contributed by atoms with van der Waals surface area (Å²) in [4.78, 5) is 2.41. The van der Waals surface area contributed by atoms with Gasteiger partial charge in [0.1, 0.15) is 0 Å². The van der Waals surface area contributed by atoms with Gasteiger partial charge in [0, 0.05) is 0 Å². The van der Waals surface area contributed by atoms with Crippen LogP contribution in [0.1, 0.15) is 32.6 Å². The molecular weight excluding hydrogens is 188 g/mol. The summed E-state index contributed by atoms with van der Waals surface area (Å²) in [5.74, 6) is 0.868. The molecule has 0 aliphatic carbocycles. The fraction of sp³-hybridized carbons (Fsp3) is 1.00. The zero-order chi connectivity index (χ0) is 11.1. The van der Waals surface area contributed by atoms with E-state index in [0.717, 1.165) is 31.8 Å². The second-order valence-corrected chi connectivity index (χ2v) is 4.94. The smallest absolute Gasteiger partial charge is 0.0512 e. The molecule has 0 aromatic rings. The minimum atomic E-state index is -0.143. The fourth-order valence-electron chi connectivity index (χ4n) is 2.09. The topological polar surface area (TPSA) is 35.5 Å². The van der Waals surface area contributed by atoms with Crippen LogP contribution >= 0.6 is 0 Å². The molecule has 1 aliphatic rings. The molecule has 15 heavy (non-hydrogen) atoms. The molecule has 0 amide bonds. The fourth-order valence-corrected chi connectivity index (χ4v) is 2.09. The lowest BCUT2D eigenvalue weighted by Crippen LogP contribution is -2.35. The van der Waals surface area contributed by atoms with Crippen molar-refractivity contribution in [3.05, 3.63) is 0 Å². The summed E-state index contributed by atoms with van der Waals surface area (Å²) < 4.78 is 0. The molecule has 3 heteroatoms. The molecule has 90 valence electrons. The molecule has 1 heterocycles.